The fourth-order valence-corrected chi connectivity index (χ4v) is 0.380. The molecule has 0 amide bonds. The Bertz CT molecular complexity index is 224. The van der Waals surface area contributed by atoms with E-state index in [0.29, 0.717) is 0 Å². The van der Waals surface area contributed by atoms with Gasteiger partial charge in [-0.05, 0) is 15.8 Å². The zero-order valence-electron chi connectivity index (χ0n) is 8.71. The van der Waals surface area contributed by atoms with E-state index in [1.165, 1.54) is 0 Å². The molecule has 0 saturated carbocycles. The van der Waals surface area contributed by atoms with Crippen molar-refractivity contribution in [2.45, 2.75) is 6.29 Å². The maximum Gasteiger partial charge on any atom is 1.00 e. The molecule has 0 rings (SSSR count). The standard InChI is InChI=1S/CH4N6O6.3K/c8-2-5(11)1(6(12)3-9)7(13)4-10;;;/h1,8-10H;;;/q;3*+1/p-3/b5-2-,6-3-,7-4-;;;. The average molecular weight is 310 g/mol. The van der Waals surface area contributed by atoms with E-state index in [1.807, 2.05) is 0 Å². The van der Waals surface area contributed by atoms with Gasteiger partial charge in [-0.2, -0.15) is 0 Å². The maximum atomic E-state index is 10.3. The minimum Gasteiger partial charge on any atom is -0.739 e. The molecule has 0 atom stereocenters. The number of hydrogen-bond donors (Lipinski definition) is 0. The second-order valence-electron chi connectivity index (χ2n) is 1.50. The Hall–Kier alpha value is 2.51. The SMILES string of the molecule is [K+].[K+].[K+].[O-]/N=[N+](\[O-])C(/[N+]([O-])=N/[O-])/[N+]([O-])=N/[O-]. The summed E-state index contributed by atoms with van der Waals surface area (Å²) in [4.78, 5) is -3.12. The van der Waals surface area contributed by atoms with E-state index in [1.54, 1.807) is 15.8 Å². The van der Waals surface area contributed by atoms with Crippen LogP contribution >= 0.6 is 0 Å². The summed E-state index contributed by atoms with van der Waals surface area (Å²) in [5, 5.41) is 64.1. The van der Waals surface area contributed by atoms with E-state index in [0.717, 1.165) is 0 Å². The van der Waals surface area contributed by atoms with Crippen LogP contribution in [0.1, 0.15) is 0 Å². The molecule has 0 bridgehead atoms. The Labute approximate surface area is 216 Å². The Balaban J connectivity index is -0.000000240. The first-order valence-electron chi connectivity index (χ1n) is 2.47. The van der Waals surface area contributed by atoms with Gasteiger partial charge in [0, 0.05) is 14.6 Å². The first kappa shape index (κ1) is 27.0. The van der Waals surface area contributed by atoms with E-state index in [-0.39, 0.29) is 154 Å². The normalized spacial score (nSPS) is 12.2. The molecule has 12 nitrogen and oxygen atoms in total. The third-order valence-corrected chi connectivity index (χ3v) is 0.834. The smallest absolute Gasteiger partial charge is 0.739 e. The first-order chi connectivity index (χ1) is 6.08. The fraction of sp³-hybridized carbons (Fsp3) is 1.00. The van der Waals surface area contributed by atoms with Gasteiger partial charge in [-0.15, -0.1) is 0 Å². The molecule has 0 radical (unpaired) electrons. The van der Waals surface area contributed by atoms with Crippen LogP contribution in [-0.4, -0.2) is 20.9 Å². The van der Waals surface area contributed by atoms with Crippen molar-refractivity contribution in [3.63, 3.8) is 0 Å². The molecule has 0 fully saturated rings. The number of rotatable bonds is 3. The molecule has 0 aliphatic heterocycles. The van der Waals surface area contributed by atoms with Gasteiger partial charge in [-0.1, -0.05) is 0 Å². The van der Waals surface area contributed by atoms with E-state index >= 15 is 0 Å². The van der Waals surface area contributed by atoms with E-state index in [2.05, 4.69) is 0 Å². The molecule has 0 spiro atoms. The predicted molar refractivity (Wildman–Crippen MR) is 32.1 cm³/mol. The molecule has 16 heavy (non-hydrogen) atoms. The summed E-state index contributed by atoms with van der Waals surface area (Å²) in [6, 6.07) is 0. The van der Waals surface area contributed by atoms with E-state index in [4.69, 9.17) is 0 Å². The fourth-order valence-electron chi connectivity index (χ4n) is 0.380. The monoisotopic (exact) mass is 310 g/mol. The number of hydroxylamine groups is 3. The molecular formula is CHK3N6O6. The van der Waals surface area contributed by atoms with Gasteiger partial charge >= 0.3 is 160 Å². The molecule has 0 aliphatic rings. The van der Waals surface area contributed by atoms with E-state index < -0.39 is 20.9 Å². The molecule has 0 unspecified atom stereocenters. The van der Waals surface area contributed by atoms with Crippen molar-refractivity contribution in [1.29, 1.82) is 0 Å². The molecule has 0 aromatic carbocycles. The molecule has 0 aliphatic carbocycles. The quantitative estimate of drug-likeness (QED) is 0.164. The Morgan fingerprint density at radius 2 is 0.812 bits per heavy atom. The summed E-state index contributed by atoms with van der Waals surface area (Å²) in [5.41, 5.74) is 0. The molecule has 0 saturated heterocycles. The zero-order chi connectivity index (χ0) is 10.4. The predicted octanol–water partition coefficient (Wildman–Crippen LogP) is -9.34. The summed E-state index contributed by atoms with van der Waals surface area (Å²) in [5.74, 6) is 0. The summed E-state index contributed by atoms with van der Waals surface area (Å²) < 4.78 is 0. The van der Waals surface area contributed by atoms with Crippen LogP contribution in [-0.2, 0) is 0 Å². The van der Waals surface area contributed by atoms with E-state index in [9.17, 15) is 31.2 Å². The minimum atomic E-state index is -2.67. The molecule has 74 valence electrons. The van der Waals surface area contributed by atoms with Gasteiger partial charge in [0.05, 0.1) is 0 Å². The van der Waals surface area contributed by atoms with Gasteiger partial charge in [-0.25, -0.2) is 0 Å². The van der Waals surface area contributed by atoms with Crippen molar-refractivity contribution in [2.75, 3.05) is 0 Å². The second-order valence-corrected chi connectivity index (χ2v) is 1.50. The summed E-state index contributed by atoms with van der Waals surface area (Å²) in [6.07, 6.45) is -2.67. The molecule has 0 aromatic rings. The van der Waals surface area contributed by atoms with Crippen molar-refractivity contribution in [1.82, 2.24) is 0 Å². The van der Waals surface area contributed by atoms with Gasteiger partial charge in [0.1, 0.15) is 0 Å². The maximum absolute atomic E-state index is 10.3. The van der Waals surface area contributed by atoms with Gasteiger partial charge in [0.25, 0.3) is 0 Å². The van der Waals surface area contributed by atoms with Gasteiger partial charge < -0.3 is 31.2 Å². The summed E-state index contributed by atoms with van der Waals surface area (Å²) in [7, 11) is 0. The van der Waals surface area contributed by atoms with Crippen molar-refractivity contribution < 1.29 is 169 Å². The zero-order valence-corrected chi connectivity index (χ0v) is 18.1. The van der Waals surface area contributed by atoms with Gasteiger partial charge in [0.2, 0.25) is 0 Å². The molecule has 0 aromatic heterocycles. The largest absolute Gasteiger partial charge is 1.00 e. The number of nitrogens with zero attached hydrogens (tertiary/aromatic N) is 6. The Morgan fingerprint density at radius 3 is 0.938 bits per heavy atom. The Morgan fingerprint density at radius 1 is 0.625 bits per heavy atom. The van der Waals surface area contributed by atoms with Crippen LogP contribution < -0.4 is 154 Å². The third-order valence-electron chi connectivity index (χ3n) is 0.834. The van der Waals surface area contributed by atoms with Crippen LogP contribution in [0.25, 0.3) is 0 Å². The summed E-state index contributed by atoms with van der Waals surface area (Å²) >= 11 is 0. The second kappa shape index (κ2) is 15.6. The molecule has 0 N–H and O–H groups in total. The van der Waals surface area contributed by atoms with Crippen molar-refractivity contribution in [2.24, 2.45) is 15.8 Å². The summed E-state index contributed by atoms with van der Waals surface area (Å²) in [6.45, 7) is 0. The molecule has 0 heterocycles. The van der Waals surface area contributed by atoms with Crippen LogP contribution in [0.5, 0.6) is 0 Å². The van der Waals surface area contributed by atoms with Crippen molar-refractivity contribution in [3.05, 3.63) is 31.2 Å². The Kier molecular flexibility index (Phi) is 26.2. The van der Waals surface area contributed by atoms with Crippen LogP contribution in [0, 0.1) is 31.2 Å². The van der Waals surface area contributed by atoms with Crippen LogP contribution in [0.15, 0.2) is 15.8 Å². The minimum absolute atomic E-state index is 0. The van der Waals surface area contributed by atoms with Crippen molar-refractivity contribution in [3.8, 4) is 0 Å². The topological polar surface area (TPSA) is 184 Å². The molecular weight excluding hydrogens is 309 g/mol. The van der Waals surface area contributed by atoms with Gasteiger partial charge in [-0.3, -0.25) is 0 Å². The average Bonchev–Trinajstić information content (AvgIpc) is 2.16. The number of hydrogen-bond acceptors (Lipinski definition) is 9. The van der Waals surface area contributed by atoms with Crippen LogP contribution in [0.4, 0.5) is 0 Å². The van der Waals surface area contributed by atoms with Gasteiger partial charge in [0.15, 0.2) is 0 Å². The first-order valence-corrected chi connectivity index (χ1v) is 2.47. The molecule has 15 heteroatoms. The van der Waals surface area contributed by atoms with Crippen LogP contribution in [0.3, 0.4) is 0 Å². The third kappa shape index (κ3) is 9.44. The van der Waals surface area contributed by atoms with Crippen LogP contribution in [0.2, 0.25) is 0 Å². The van der Waals surface area contributed by atoms with Crippen molar-refractivity contribution >= 4 is 0 Å².